The average Bonchev–Trinajstić information content (AvgIpc) is 3.29. The molecule has 0 amide bonds. The van der Waals surface area contributed by atoms with Gasteiger partial charge in [0.1, 0.15) is 17.5 Å². The molecule has 0 aliphatic heterocycles. The summed E-state index contributed by atoms with van der Waals surface area (Å²) in [6.07, 6.45) is 3.54. The van der Waals surface area contributed by atoms with Crippen molar-refractivity contribution in [3.8, 4) is 0 Å². The third-order valence-electron chi connectivity index (χ3n) is 4.13. The molecule has 1 heterocycles. The van der Waals surface area contributed by atoms with Gasteiger partial charge in [0.05, 0.1) is 0 Å². The van der Waals surface area contributed by atoms with Crippen molar-refractivity contribution in [1.29, 1.82) is 0 Å². The third kappa shape index (κ3) is 3.39. The zero-order valence-corrected chi connectivity index (χ0v) is 13.3. The Balaban J connectivity index is 2.04. The van der Waals surface area contributed by atoms with Crippen LogP contribution < -0.4 is 10.6 Å². The van der Waals surface area contributed by atoms with Crippen LogP contribution in [-0.4, -0.2) is 47.6 Å². The van der Waals surface area contributed by atoms with Crippen molar-refractivity contribution in [3.63, 3.8) is 0 Å². The molecule has 5 nitrogen and oxygen atoms in total. The van der Waals surface area contributed by atoms with Crippen LogP contribution in [0, 0.1) is 6.92 Å². The fraction of sp³-hybridized carbons (Fsp3) is 0.733. The number of hydrogen-bond donors (Lipinski definition) is 2. The highest BCUT2D eigenvalue weighted by Gasteiger charge is 2.29. The summed E-state index contributed by atoms with van der Waals surface area (Å²) >= 11 is 0. The lowest BCUT2D eigenvalue weighted by atomic mass is 10.2. The van der Waals surface area contributed by atoms with Gasteiger partial charge in [-0.2, -0.15) is 0 Å². The second kappa shape index (κ2) is 6.39. The minimum absolute atomic E-state index is 0.514. The van der Waals surface area contributed by atoms with Crippen molar-refractivity contribution < 1.29 is 0 Å². The second-order valence-corrected chi connectivity index (χ2v) is 5.69. The Bertz CT molecular complexity index is 456. The van der Waals surface area contributed by atoms with E-state index in [1.165, 1.54) is 12.8 Å². The molecule has 0 spiro atoms. The maximum absolute atomic E-state index is 4.61. The number of aryl methyl sites for hydroxylation is 1. The fourth-order valence-corrected chi connectivity index (χ4v) is 2.37. The maximum Gasteiger partial charge on any atom is 0.134 e. The van der Waals surface area contributed by atoms with Crippen LogP contribution in [0.2, 0.25) is 0 Å². The SMILES string of the molecule is CCc1nc(NC)c(C)c(NCC(C)N(C)C2CC2)n1. The standard InChI is InChI=1S/C15H27N5/c1-6-13-18-14(16-4)11(3)15(19-13)17-9-10(2)20(5)12-7-8-12/h10,12H,6-9H2,1-5H3,(H2,16,17,18,19). The van der Waals surface area contributed by atoms with Crippen LogP contribution in [0.4, 0.5) is 11.6 Å². The van der Waals surface area contributed by atoms with Crippen molar-refractivity contribution in [2.75, 3.05) is 31.3 Å². The Morgan fingerprint density at radius 3 is 2.50 bits per heavy atom. The number of nitrogens with one attached hydrogen (secondary N) is 2. The van der Waals surface area contributed by atoms with E-state index in [4.69, 9.17) is 0 Å². The molecule has 1 aromatic heterocycles. The lowest BCUT2D eigenvalue weighted by Gasteiger charge is -2.25. The van der Waals surface area contributed by atoms with Crippen molar-refractivity contribution in [2.45, 2.75) is 52.1 Å². The van der Waals surface area contributed by atoms with Crippen molar-refractivity contribution in [3.05, 3.63) is 11.4 Å². The van der Waals surface area contributed by atoms with Crippen molar-refractivity contribution >= 4 is 11.6 Å². The first-order valence-electron chi connectivity index (χ1n) is 7.57. The van der Waals surface area contributed by atoms with E-state index in [2.05, 4.69) is 53.3 Å². The first-order valence-corrected chi connectivity index (χ1v) is 7.57. The van der Waals surface area contributed by atoms with E-state index in [1.807, 2.05) is 7.05 Å². The molecule has 1 aliphatic carbocycles. The monoisotopic (exact) mass is 277 g/mol. The first kappa shape index (κ1) is 15.0. The summed E-state index contributed by atoms with van der Waals surface area (Å²) in [6, 6.07) is 1.30. The van der Waals surface area contributed by atoms with Crippen LogP contribution in [0.5, 0.6) is 0 Å². The molecule has 0 bridgehead atoms. The molecule has 1 fully saturated rings. The molecule has 1 unspecified atom stereocenters. The quantitative estimate of drug-likeness (QED) is 0.801. The van der Waals surface area contributed by atoms with Crippen LogP contribution in [0.15, 0.2) is 0 Å². The molecule has 2 rings (SSSR count). The molecule has 0 aromatic carbocycles. The van der Waals surface area contributed by atoms with Gasteiger partial charge in [-0.05, 0) is 33.7 Å². The van der Waals surface area contributed by atoms with E-state index >= 15 is 0 Å². The van der Waals surface area contributed by atoms with Gasteiger partial charge in [-0.15, -0.1) is 0 Å². The summed E-state index contributed by atoms with van der Waals surface area (Å²) in [7, 11) is 4.12. The summed E-state index contributed by atoms with van der Waals surface area (Å²) in [6.45, 7) is 7.32. The molecule has 5 heteroatoms. The van der Waals surface area contributed by atoms with E-state index in [0.29, 0.717) is 6.04 Å². The van der Waals surface area contributed by atoms with Gasteiger partial charge >= 0.3 is 0 Å². The summed E-state index contributed by atoms with van der Waals surface area (Å²) in [5.41, 5.74) is 1.09. The highest BCUT2D eigenvalue weighted by molar-refractivity contribution is 5.57. The van der Waals surface area contributed by atoms with Gasteiger partial charge in [0, 0.05) is 37.7 Å². The van der Waals surface area contributed by atoms with Gasteiger partial charge in [0.15, 0.2) is 0 Å². The van der Waals surface area contributed by atoms with Crippen LogP contribution in [0.1, 0.15) is 38.1 Å². The van der Waals surface area contributed by atoms with Crippen LogP contribution in [0.25, 0.3) is 0 Å². The molecule has 0 radical (unpaired) electrons. The number of anilines is 2. The van der Waals surface area contributed by atoms with Gasteiger partial charge < -0.3 is 10.6 Å². The topological polar surface area (TPSA) is 53.1 Å². The Morgan fingerprint density at radius 2 is 1.95 bits per heavy atom. The van der Waals surface area contributed by atoms with Crippen LogP contribution in [0.3, 0.4) is 0 Å². The van der Waals surface area contributed by atoms with Gasteiger partial charge in [0.2, 0.25) is 0 Å². The van der Waals surface area contributed by atoms with Gasteiger partial charge in [-0.1, -0.05) is 6.92 Å². The van der Waals surface area contributed by atoms with E-state index in [1.54, 1.807) is 0 Å². The van der Waals surface area contributed by atoms with E-state index in [9.17, 15) is 0 Å². The zero-order valence-electron chi connectivity index (χ0n) is 13.3. The Morgan fingerprint density at radius 1 is 1.30 bits per heavy atom. The second-order valence-electron chi connectivity index (χ2n) is 5.69. The number of aromatic nitrogens is 2. The van der Waals surface area contributed by atoms with Crippen molar-refractivity contribution in [1.82, 2.24) is 14.9 Å². The molecule has 112 valence electrons. The molecule has 1 aliphatic rings. The zero-order chi connectivity index (χ0) is 14.7. The maximum atomic E-state index is 4.61. The smallest absolute Gasteiger partial charge is 0.134 e. The summed E-state index contributed by atoms with van der Waals surface area (Å²) in [5.74, 6) is 2.76. The van der Waals surface area contributed by atoms with Gasteiger partial charge in [-0.25, -0.2) is 9.97 Å². The Kier molecular flexibility index (Phi) is 4.81. The lowest BCUT2D eigenvalue weighted by Crippen LogP contribution is -2.36. The molecule has 1 aromatic rings. The minimum atomic E-state index is 0.514. The van der Waals surface area contributed by atoms with Gasteiger partial charge in [-0.3, -0.25) is 4.90 Å². The molecule has 0 saturated heterocycles. The van der Waals surface area contributed by atoms with Crippen LogP contribution in [-0.2, 0) is 6.42 Å². The molecule has 1 atom stereocenters. The number of nitrogens with zero attached hydrogens (tertiary/aromatic N) is 3. The summed E-state index contributed by atoms with van der Waals surface area (Å²) in [5, 5.41) is 6.64. The van der Waals surface area contributed by atoms with Crippen molar-refractivity contribution in [2.24, 2.45) is 0 Å². The molecule has 1 saturated carbocycles. The average molecular weight is 277 g/mol. The normalized spacial score (nSPS) is 16.3. The highest BCUT2D eigenvalue weighted by Crippen LogP contribution is 2.27. The number of hydrogen-bond acceptors (Lipinski definition) is 5. The van der Waals surface area contributed by atoms with Crippen LogP contribution >= 0.6 is 0 Å². The Hall–Kier alpha value is -1.36. The molecular weight excluding hydrogens is 250 g/mol. The summed E-state index contributed by atoms with van der Waals surface area (Å²) < 4.78 is 0. The molecule has 2 N–H and O–H groups in total. The minimum Gasteiger partial charge on any atom is -0.373 e. The predicted molar refractivity (Wildman–Crippen MR) is 84.4 cm³/mol. The first-order chi connectivity index (χ1) is 9.56. The largest absolute Gasteiger partial charge is 0.373 e. The molecule has 20 heavy (non-hydrogen) atoms. The molecular formula is C15H27N5. The number of rotatable bonds is 7. The predicted octanol–water partition coefficient (Wildman–Crippen LogP) is 2.28. The Labute approximate surface area is 122 Å². The summed E-state index contributed by atoms with van der Waals surface area (Å²) in [4.78, 5) is 11.6. The van der Waals surface area contributed by atoms with Gasteiger partial charge in [0.25, 0.3) is 0 Å². The highest BCUT2D eigenvalue weighted by atomic mass is 15.2. The number of likely N-dealkylation sites (N-methyl/N-ethyl adjacent to an activating group) is 1. The van der Waals surface area contributed by atoms with E-state index in [-0.39, 0.29) is 0 Å². The fourth-order valence-electron chi connectivity index (χ4n) is 2.37. The lowest BCUT2D eigenvalue weighted by molar-refractivity contribution is 0.257. The van der Waals surface area contributed by atoms with E-state index < -0.39 is 0 Å². The van der Waals surface area contributed by atoms with E-state index in [0.717, 1.165) is 42.0 Å². The third-order valence-corrected chi connectivity index (χ3v) is 4.13.